The molecule has 5 nitrogen and oxygen atoms in total. The highest BCUT2D eigenvalue weighted by Gasteiger charge is 2.22. The van der Waals surface area contributed by atoms with Crippen LogP contribution in [0.2, 0.25) is 0 Å². The molecule has 6 heteroatoms. The van der Waals surface area contributed by atoms with Gasteiger partial charge >= 0.3 is 0 Å². The summed E-state index contributed by atoms with van der Waals surface area (Å²) in [6.07, 6.45) is 1.53. The number of aromatic nitrogens is 2. The molecule has 0 atom stereocenters. The number of benzene rings is 1. The molecule has 0 aliphatic rings. The van der Waals surface area contributed by atoms with Crippen molar-refractivity contribution < 1.29 is 9.53 Å². The van der Waals surface area contributed by atoms with Crippen molar-refractivity contribution in [3.63, 3.8) is 0 Å². The number of ketones is 1. The Balaban J connectivity index is 2.52. The predicted molar refractivity (Wildman–Crippen MR) is 76.4 cm³/mol. The number of nitrogens with two attached hydrogens (primary N) is 1. The predicted octanol–water partition coefficient (Wildman–Crippen LogP) is 2.49. The summed E-state index contributed by atoms with van der Waals surface area (Å²) in [4.78, 5) is 12.6. The van der Waals surface area contributed by atoms with Gasteiger partial charge in [0.25, 0.3) is 0 Å². The van der Waals surface area contributed by atoms with E-state index in [2.05, 4.69) is 21.0 Å². The van der Waals surface area contributed by atoms with Gasteiger partial charge in [-0.2, -0.15) is 5.10 Å². The van der Waals surface area contributed by atoms with Gasteiger partial charge in [-0.3, -0.25) is 9.48 Å². The molecule has 0 aliphatic heterocycles. The van der Waals surface area contributed by atoms with Crippen molar-refractivity contribution in [2.45, 2.75) is 13.5 Å². The molecule has 2 N–H and O–H groups in total. The standard InChI is InChI=1S/C13H14BrN3O2/c1-3-17-12(11(19-2)7-16-17)13(18)9-5-4-8(14)6-10(9)15/h4-7H,3,15H2,1-2H3. The summed E-state index contributed by atoms with van der Waals surface area (Å²) in [5.74, 6) is 0.260. The Morgan fingerprint density at radius 1 is 1.53 bits per heavy atom. The molecule has 2 aromatic rings. The van der Waals surface area contributed by atoms with Gasteiger partial charge in [-0.25, -0.2) is 0 Å². The Hall–Kier alpha value is -1.82. The lowest BCUT2D eigenvalue weighted by molar-refractivity contribution is 0.102. The fraction of sp³-hybridized carbons (Fsp3) is 0.231. The number of halogens is 1. The molecule has 0 aliphatic carbocycles. The molecule has 0 spiro atoms. The normalized spacial score (nSPS) is 10.5. The van der Waals surface area contributed by atoms with Crippen molar-refractivity contribution in [3.05, 3.63) is 40.1 Å². The van der Waals surface area contributed by atoms with E-state index in [1.807, 2.05) is 6.92 Å². The lowest BCUT2D eigenvalue weighted by Gasteiger charge is -2.08. The second kappa shape index (κ2) is 5.44. The summed E-state index contributed by atoms with van der Waals surface area (Å²) >= 11 is 3.32. The summed E-state index contributed by atoms with van der Waals surface area (Å²) in [5.41, 5.74) is 7.17. The third-order valence-corrected chi connectivity index (χ3v) is 3.29. The van der Waals surface area contributed by atoms with Gasteiger partial charge in [-0.15, -0.1) is 0 Å². The van der Waals surface area contributed by atoms with Gasteiger partial charge < -0.3 is 10.5 Å². The monoisotopic (exact) mass is 323 g/mol. The van der Waals surface area contributed by atoms with Crippen molar-refractivity contribution in [1.82, 2.24) is 9.78 Å². The van der Waals surface area contributed by atoms with E-state index < -0.39 is 0 Å². The number of aryl methyl sites for hydroxylation is 1. The maximum atomic E-state index is 12.6. The molecular weight excluding hydrogens is 310 g/mol. The SMILES string of the molecule is CCn1ncc(OC)c1C(=O)c1ccc(Br)cc1N. The van der Waals surface area contributed by atoms with Crippen LogP contribution in [0.4, 0.5) is 5.69 Å². The van der Waals surface area contributed by atoms with Crippen LogP contribution in [0.1, 0.15) is 23.0 Å². The Bertz CT molecular complexity index is 601. The maximum absolute atomic E-state index is 12.6. The van der Waals surface area contributed by atoms with Crippen molar-refractivity contribution >= 4 is 27.4 Å². The van der Waals surface area contributed by atoms with E-state index in [-0.39, 0.29) is 5.78 Å². The topological polar surface area (TPSA) is 70.1 Å². The number of rotatable bonds is 4. The number of hydrogen-bond donors (Lipinski definition) is 1. The molecular formula is C13H14BrN3O2. The van der Waals surface area contributed by atoms with Crippen LogP contribution < -0.4 is 10.5 Å². The highest BCUT2D eigenvalue weighted by Crippen LogP contribution is 2.25. The number of nitrogens with zero attached hydrogens (tertiary/aromatic N) is 2. The minimum atomic E-state index is -0.193. The van der Waals surface area contributed by atoms with Gasteiger partial charge in [0.2, 0.25) is 5.78 Å². The van der Waals surface area contributed by atoms with E-state index in [1.165, 1.54) is 13.3 Å². The minimum absolute atomic E-state index is 0.193. The van der Waals surface area contributed by atoms with Crippen LogP contribution in [-0.4, -0.2) is 22.7 Å². The van der Waals surface area contributed by atoms with Crippen molar-refractivity contribution in [3.8, 4) is 5.75 Å². The van der Waals surface area contributed by atoms with Crippen LogP contribution in [0.5, 0.6) is 5.75 Å². The van der Waals surface area contributed by atoms with E-state index in [0.29, 0.717) is 29.2 Å². The van der Waals surface area contributed by atoms with E-state index in [0.717, 1.165) is 4.47 Å². The van der Waals surface area contributed by atoms with Crippen molar-refractivity contribution in [2.24, 2.45) is 0 Å². The van der Waals surface area contributed by atoms with Gasteiger partial charge in [0.15, 0.2) is 11.4 Å². The largest absolute Gasteiger partial charge is 0.493 e. The lowest BCUT2D eigenvalue weighted by atomic mass is 10.1. The molecule has 0 saturated heterocycles. The van der Waals surface area contributed by atoms with Crippen molar-refractivity contribution in [1.29, 1.82) is 0 Å². The third-order valence-electron chi connectivity index (χ3n) is 2.80. The fourth-order valence-electron chi connectivity index (χ4n) is 1.85. The summed E-state index contributed by atoms with van der Waals surface area (Å²) < 4.78 is 7.61. The molecule has 1 heterocycles. The zero-order valence-corrected chi connectivity index (χ0v) is 12.3. The zero-order valence-electron chi connectivity index (χ0n) is 10.7. The van der Waals surface area contributed by atoms with E-state index in [1.54, 1.807) is 22.9 Å². The number of nitrogen functional groups attached to an aromatic ring is 1. The number of carbonyl (C=O) groups excluding carboxylic acids is 1. The fourth-order valence-corrected chi connectivity index (χ4v) is 2.23. The third kappa shape index (κ3) is 2.49. The Kier molecular flexibility index (Phi) is 3.90. The number of hydrogen-bond acceptors (Lipinski definition) is 4. The smallest absolute Gasteiger partial charge is 0.216 e. The molecule has 0 amide bonds. The molecule has 0 fully saturated rings. The Morgan fingerprint density at radius 2 is 2.26 bits per heavy atom. The van der Waals surface area contributed by atoms with E-state index in [4.69, 9.17) is 10.5 Å². The summed E-state index contributed by atoms with van der Waals surface area (Å²) in [6.45, 7) is 2.50. The summed E-state index contributed by atoms with van der Waals surface area (Å²) in [5, 5.41) is 4.12. The highest BCUT2D eigenvalue weighted by molar-refractivity contribution is 9.10. The van der Waals surface area contributed by atoms with Crippen LogP contribution in [0, 0.1) is 0 Å². The number of carbonyl (C=O) groups is 1. The average molecular weight is 324 g/mol. The zero-order chi connectivity index (χ0) is 14.0. The van der Waals surface area contributed by atoms with Crippen LogP contribution >= 0.6 is 15.9 Å². The van der Waals surface area contributed by atoms with Gasteiger partial charge in [-0.1, -0.05) is 15.9 Å². The van der Waals surface area contributed by atoms with E-state index in [9.17, 15) is 4.79 Å². The summed E-state index contributed by atoms with van der Waals surface area (Å²) in [6, 6.07) is 5.17. The number of anilines is 1. The van der Waals surface area contributed by atoms with Crippen LogP contribution in [0.25, 0.3) is 0 Å². The molecule has 0 unspecified atom stereocenters. The van der Waals surface area contributed by atoms with Crippen LogP contribution in [-0.2, 0) is 6.54 Å². The first-order valence-electron chi connectivity index (χ1n) is 5.78. The summed E-state index contributed by atoms with van der Waals surface area (Å²) in [7, 11) is 1.51. The molecule has 0 bridgehead atoms. The van der Waals surface area contributed by atoms with Gasteiger partial charge in [0.05, 0.1) is 13.3 Å². The average Bonchev–Trinajstić information content (AvgIpc) is 2.80. The van der Waals surface area contributed by atoms with Crippen LogP contribution in [0.15, 0.2) is 28.9 Å². The molecule has 0 saturated carbocycles. The van der Waals surface area contributed by atoms with Gasteiger partial charge in [0, 0.05) is 22.3 Å². The highest BCUT2D eigenvalue weighted by atomic mass is 79.9. The first-order valence-corrected chi connectivity index (χ1v) is 6.57. The maximum Gasteiger partial charge on any atom is 0.216 e. The van der Waals surface area contributed by atoms with Crippen LogP contribution in [0.3, 0.4) is 0 Å². The second-order valence-corrected chi connectivity index (χ2v) is 4.85. The molecule has 0 radical (unpaired) electrons. The number of ether oxygens (including phenoxy) is 1. The minimum Gasteiger partial charge on any atom is -0.493 e. The molecule has 1 aromatic heterocycles. The lowest BCUT2D eigenvalue weighted by Crippen LogP contribution is -2.13. The quantitative estimate of drug-likeness (QED) is 0.693. The molecule has 2 rings (SSSR count). The van der Waals surface area contributed by atoms with Crippen molar-refractivity contribution in [2.75, 3.05) is 12.8 Å². The Labute approximate surface area is 119 Å². The van der Waals surface area contributed by atoms with Gasteiger partial charge in [-0.05, 0) is 25.1 Å². The molecule has 100 valence electrons. The first-order chi connectivity index (χ1) is 9.08. The molecule has 1 aromatic carbocycles. The Morgan fingerprint density at radius 3 is 2.84 bits per heavy atom. The first kappa shape index (κ1) is 13.6. The second-order valence-electron chi connectivity index (χ2n) is 3.94. The van der Waals surface area contributed by atoms with Gasteiger partial charge in [0.1, 0.15) is 0 Å². The van der Waals surface area contributed by atoms with E-state index >= 15 is 0 Å². The number of methoxy groups -OCH3 is 1. The molecule has 19 heavy (non-hydrogen) atoms.